The van der Waals surface area contributed by atoms with Crippen LogP contribution in [0.1, 0.15) is 44.6 Å². The van der Waals surface area contributed by atoms with Crippen LogP contribution in [0.25, 0.3) is 0 Å². The van der Waals surface area contributed by atoms with Crippen molar-refractivity contribution in [2.75, 3.05) is 24.6 Å². The van der Waals surface area contributed by atoms with Gasteiger partial charge in [-0.05, 0) is 117 Å². The number of unbranched alkanes of at least 4 members (excludes halogenated alkanes) is 1. The number of anilines is 1. The van der Waals surface area contributed by atoms with E-state index >= 15 is 0 Å². The zero-order valence-electron chi connectivity index (χ0n) is 23.6. The first-order valence-electron chi connectivity index (χ1n) is 14.2. The van der Waals surface area contributed by atoms with Crippen LogP contribution in [0.4, 0.5) is 38.4 Å². The van der Waals surface area contributed by atoms with Crippen LogP contribution < -0.4 is 9.64 Å². The van der Waals surface area contributed by atoms with Gasteiger partial charge in [-0.15, -0.1) is 10.2 Å². The number of thiophene rings is 1. The number of nitrogens with zero attached hydrogens (tertiary/aromatic N) is 7. The van der Waals surface area contributed by atoms with Crippen LogP contribution in [0.15, 0.2) is 110 Å². The molecule has 0 radical (unpaired) electrons. The van der Waals surface area contributed by atoms with Crippen molar-refractivity contribution < 1.29 is 4.74 Å². The van der Waals surface area contributed by atoms with E-state index in [1.165, 1.54) is 24.3 Å². The fraction of sp³-hybridized carbons (Fsp3) is 0.312. The van der Waals surface area contributed by atoms with E-state index in [1.54, 1.807) is 11.3 Å². The molecule has 1 aliphatic rings. The largest absolute Gasteiger partial charge is 0.494 e. The van der Waals surface area contributed by atoms with Crippen LogP contribution >= 0.6 is 11.3 Å². The molecule has 1 saturated heterocycles. The third-order valence-electron chi connectivity index (χ3n) is 6.70. The lowest BCUT2D eigenvalue weighted by Gasteiger charge is -2.26. The van der Waals surface area contributed by atoms with Gasteiger partial charge in [0.15, 0.2) is 0 Å². The van der Waals surface area contributed by atoms with E-state index < -0.39 is 0 Å². The SMILES string of the molecule is CCCCOc1ccc(N=Nc2ccc(N=Nc3ccc(N=Nc4ccc(N5CCCCC5)s4)cc3C)cc2)cc1. The lowest BCUT2D eigenvalue weighted by molar-refractivity contribution is 0.309. The van der Waals surface area contributed by atoms with Crippen molar-refractivity contribution in [3.05, 3.63) is 84.4 Å². The molecule has 1 aromatic heterocycles. The Morgan fingerprint density at radius 1 is 0.683 bits per heavy atom. The minimum atomic E-state index is 0.730. The van der Waals surface area contributed by atoms with Crippen LogP contribution in [0.2, 0.25) is 0 Å². The average Bonchev–Trinajstić information content (AvgIpc) is 3.49. The highest BCUT2D eigenvalue weighted by Gasteiger charge is 2.12. The first kappa shape index (κ1) is 28.3. The minimum Gasteiger partial charge on any atom is -0.494 e. The molecule has 0 amide bonds. The first-order valence-corrected chi connectivity index (χ1v) is 15.0. The second-order valence-electron chi connectivity index (χ2n) is 9.94. The third kappa shape index (κ3) is 8.38. The summed E-state index contributed by atoms with van der Waals surface area (Å²) < 4.78 is 5.69. The number of benzene rings is 3. The number of hydrogen-bond donors (Lipinski definition) is 0. The maximum absolute atomic E-state index is 5.69. The van der Waals surface area contributed by atoms with Crippen LogP contribution in [0.3, 0.4) is 0 Å². The summed E-state index contributed by atoms with van der Waals surface area (Å²) >= 11 is 1.69. The molecule has 0 aliphatic carbocycles. The molecule has 5 rings (SSSR count). The Bertz CT molecular complexity index is 1490. The fourth-order valence-electron chi connectivity index (χ4n) is 4.33. The van der Waals surface area contributed by atoms with Gasteiger partial charge in [-0.1, -0.05) is 24.7 Å². The maximum atomic E-state index is 5.69. The smallest absolute Gasteiger partial charge is 0.140 e. The van der Waals surface area contributed by atoms with Gasteiger partial charge in [0, 0.05) is 13.1 Å². The Labute approximate surface area is 245 Å². The van der Waals surface area contributed by atoms with Crippen molar-refractivity contribution in [1.29, 1.82) is 0 Å². The molecule has 0 unspecified atom stereocenters. The molecule has 1 aliphatic heterocycles. The van der Waals surface area contributed by atoms with Gasteiger partial charge in [0.25, 0.3) is 0 Å². The van der Waals surface area contributed by atoms with Crippen LogP contribution in [0, 0.1) is 6.92 Å². The van der Waals surface area contributed by atoms with E-state index in [1.807, 2.05) is 79.7 Å². The van der Waals surface area contributed by atoms with Gasteiger partial charge in [0.1, 0.15) is 10.8 Å². The van der Waals surface area contributed by atoms with E-state index in [2.05, 4.69) is 48.6 Å². The molecule has 210 valence electrons. The summed E-state index contributed by atoms with van der Waals surface area (Å²) in [6.07, 6.45) is 6.02. The molecular formula is C32H35N7OS. The van der Waals surface area contributed by atoms with Crippen LogP contribution in [-0.4, -0.2) is 19.7 Å². The second kappa shape index (κ2) is 14.4. The molecular weight excluding hydrogens is 530 g/mol. The summed E-state index contributed by atoms with van der Waals surface area (Å²) in [6, 6.07) is 25.1. The number of ether oxygens (including phenoxy) is 1. The van der Waals surface area contributed by atoms with Crippen molar-refractivity contribution in [2.45, 2.75) is 46.0 Å². The molecule has 8 nitrogen and oxygen atoms in total. The molecule has 3 aromatic carbocycles. The summed E-state index contributed by atoms with van der Waals surface area (Å²) in [7, 11) is 0. The summed E-state index contributed by atoms with van der Waals surface area (Å²) in [6.45, 7) is 7.14. The third-order valence-corrected chi connectivity index (χ3v) is 7.73. The Balaban J connectivity index is 1.14. The predicted octanol–water partition coefficient (Wildman–Crippen LogP) is 11.5. The van der Waals surface area contributed by atoms with E-state index in [0.717, 1.165) is 77.3 Å². The minimum absolute atomic E-state index is 0.730. The first-order chi connectivity index (χ1) is 20.2. The zero-order chi connectivity index (χ0) is 28.3. The Morgan fingerprint density at radius 2 is 1.29 bits per heavy atom. The topological polar surface area (TPSA) is 86.6 Å². The molecule has 4 aromatic rings. The molecule has 0 atom stereocenters. The number of piperidine rings is 1. The lowest BCUT2D eigenvalue weighted by atomic mass is 10.1. The van der Waals surface area contributed by atoms with E-state index in [4.69, 9.17) is 4.74 Å². The Kier molecular flexibility index (Phi) is 9.94. The molecule has 0 N–H and O–H groups in total. The highest BCUT2D eigenvalue weighted by Crippen LogP contribution is 2.35. The van der Waals surface area contributed by atoms with Crippen LogP contribution in [-0.2, 0) is 0 Å². The Hall–Kier alpha value is -4.24. The lowest BCUT2D eigenvalue weighted by Crippen LogP contribution is -2.28. The molecule has 2 heterocycles. The molecule has 9 heteroatoms. The van der Waals surface area contributed by atoms with Crippen molar-refractivity contribution >= 4 is 49.8 Å². The average molecular weight is 566 g/mol. The van der Waals surface area contributed by atoms with Gasteiger partial charge in [-0.3, -0.25) is 0 Å². The van der Waals surface area contributed by atoms with Crippen molar-refractivity contribution in [2.24, 2.45) is 30.7 Å². The second-order valence-corrected chi connectivity index (χ2v) is 11.0. The molecule has 0 saturated carbocycles. The van der Waals surface area contributed by atoms with Gasteiger partial charge < -0.3 is 9.64 Å². The number of aryl methyl sites for hydroxylation is 1. The summed E-state index contributed by atoms with van der Waals surface area (Å²) in [5.41, 5.74) is 4.82. The highest BCUT2D eigenvalue weighted by molar-refractivity contribution is 7.19. The predicted molar refractivity (Wildman–Crippen MR) is 167 cm³/mol. The number of azo groups is 3. The number of rotatable bonds is 11. The van der Waals surface area contributed by atoms with Crippen LogP contribution in [0.5, 0.6) is 5.75 Å². The van der Waals surface area contributed by atoms with Gasteiger partial charge in [0.05, 0.1) is 40.0 Å². The van der Waals surface area contributed by atoms with Gasteiger partial charge in [0.2, 0.25) is 0 Å². The van der Waals surface area contributed by atoms with E-state index in [-0.39, 0.29) is 0 Å². The van der Waals surface area contributed by atoms with Gasteiger partial charge in [-0.2, -0.15) is 20.5 Å². The maximum Gasteiger partial charge on any atom is 0.140 e. The van der Waals surface area contributed by atoms with E-state index in [0.29, 0.717) is 0 Å². The molecule has 0 bridgehead atoms. The quantitative estimate of drug-likeness (QED) is 0.134. The summed E-state index contributed by atoms with van der Waals surface area (Å²) in [4.78, 5) is 2.44. The van der Waals surface area contributed by atoms with Crippen molar-refractivity contribution in [3.63, 3.8) is 0 Å². The summed E-state index contributed by atoms with van der Waals surface area (Å²) in [5.74, 6) is 0.849. The number of hydrogen-bond acceptors (Lipinski definition) is 9. The molecule has 0 spiro atoms. The Morgan fingerprint density at radius 3 is 1.95 bits per heavy atom. The zero-order valence-corrected chi connectivity index (χ0v) is 24.4. The highest BCUT2D eigenvalue weighted by atomic mass is 32.1. The van der Waals surface area contributed by atoms with E-state index in [9.17, 15) is 0 Å². The van der Waals surface area contributed by atoms with Gasteiger partial charge >= 0.3 is 0 Å². The van der Waals surface area contributed by atoms with Crippen molar-refractivity contribution in [1.82, 2.24) is 0 Å². The van der Waals surface area contributed by atoms with Crippen molar-refractivity contribution in [3.8, 4) is 5.75 Å². The van der Waals surface area contributed by atoms with Gasteiger partial charge in [-0.25, -0.2) is 0 Å². The monoisotopic (exact) mass is 565 g/mol. The normalized spacial score (nSPS) is 14.0. The fourth-order valence-corrected chi connectivity index (χ4v) is 5.21. The summed E-state index contributed by atoms with van der Waals surface area (Å²) in [5, 5.41) is 28.5. The molecule has 41 heavy (non-hydrogen) atoms. The standard InChI is InChI=1S/C32H35N7OS/c1-3-4-22-40-29-15-12-27(13-16-29)34-33-25-8-10-26(11-9-25)35-37-30-17-14-28(23-24(30)2)36-38-31-18-19-32(41-31)39-20-6-5-7-21-39/h8-19,23H,3-7,20-22H2,1-2H3. The molecule has 1 fully saturated rings.